The van der Waals surface area contributed by atoms with Crippen LogP contribution in [-0.4, -0.2) is 0 Å². The molecule has 0 aromatic heterocycles. The first-order chi connectivity index (χ1) is 8.80. The first kappa shape index (κ1) is 14.2. The summed E-state index contributed by atoms with van der Waals surface area (Å²) >= 11 is 11.9. The summed E-state index contributed by atoms with van der Waals surface area (Å²) in [5.74, 6) is 0. The minimum absolute atomic E-state index is 0.256. The van der Waals surface area contributed by atoms with Gasteiger partial charge in [-0.15, -0.1) is 0 Å². The summed E-state index contributed by atoms with van der Waals surface area (Å²) in [6, 6.07) is 8.47. The van der Waals surface area contributed by atoms with E-state index in [1.165, 1.54) is 6.07 Å². The van der Waals surface area contributed by atoms with E-state index < -0.39 is 11.7 Å². The highest BCUT2D eigenvalue weighted by atomic mass is 35.5. The predicted octanol–water partition coefficient (Wildman–Crippen LogP) is 5.99. The van der Waals surface area contributed by atoms with Gasteiger partial charge in [0.2, 0.25) is 0 Å². The Bertz CT molecular complexity index is 619. The zero-order valence-corrected chi connectivity index (χ0v) is 11.4. The van der Waals surface area contributed by atoms with Gasteiger partial charge in [-0.1, -0.05) is 41.4 Å². The van der Waals surface area contributed by atoms with Gasteiger partial charge in [-0.3, -0.25) is 0 Å². The van der Waals surface area contributed by atoms with Gasteiger partial charge in [-0.2, -0.15) is 13.2 Å². The van der Waals surface area contributed by atoms with Gasteiger partial charge >= 0.3 is 6.18 Å². The highest BCUT2D eigenvalue weighted by Crippen LogP contribution is 2.38. The van der Waals surface area contributed by atoms with Crippen LogP contribution in [-0.2, 0) is 6.18 Å². The highest BCUT2D eigenvalue weighted by Gasteiger charge is 2.31. The van der Waals surface area contributed by atoms with Crippen LogP contribution in [0.15, 0.2) is 36.4 Å². The molecular weight excluding hydrogens is 296 g/mol. The Balaban J connectivity index is 2.65. The van der Waals surface area contributed by atoms with Crippen molar-refractivity contribution in [3.63, 3.8) is 0 Å². The molecule has 0 saturated carbocycles. The third kappa shape index (κ3) is 2.88. The molecule has 0 aliphatic carbocycles. The van der Waals surface area contributed by atoms with Crippen LogP contribution in [0.4, 0.5) is 13.2 Å². The van der Waals surface area contributed by atoms with Crippen molar-refractivity contribution in [1.29, 1.82) is 0 Å². The van der Waals surface area contributed by atoms with E-state index in [-0.39, 0.29) is 5.02 Å². The Labute approximate surface area is 118 Å². The van der Waals surface area contributed by atoms with Gasteiger partial charge in [0.25, 0.3) is 0 Å². The Hall–Kier alpha value is -1.19. The second-order valence-electron chi connectivity index (χ2n) is 4.13. The lowest BCUT2D eigenvalue weighted by Gasteiger charge is -2.13. The van der Waals surface area contributed by atoms with Crippen LogP contribution >= 0.6 is 23.2 Å². The van der Waals surface area contributed by atoms with Gasteiger partial charge in [-0.05, 0) is 36.2 Å². The SMILES string of the molecule is Cc1ccc(C(F)(F)F)cc1-c1cccc(Cl)c1Cl. The van der Waals surface area contributed by atoms with Crippen LogP contribution in [0.1, 0.15) is 11.1 Å². The van der Waals surface area contributed by atoms with Crippen molar-refractivity contribution >= 4 is 23.2 Å². The number of aryl methyl sites for hydroxylation is 1. The number of hydrogen-bond acceptors (Lipinski definition) is 0. The van der Waals surface area contributed by atoms with Crippen molar-refractivity contribution in [2.45, 2.75) is 13.1 Å². The zero-order valence-electron chi connectivity index (χ0n) is 9.85. The van der Waals surface area contributed by atoms with Crippen LogP contribution in [0.3, 0.4) is 0 Å². The maximum absolute atomic E-state index is 12.7. The zero-order chi connectivity index (χ0) is 14.2. The quantitative estimate of drug-likeness (QED) is 0.607. The lowest BCUT2D eigenvalue weighted by molar-refractivity contribution is -0.137. The van der Waals surface area contributed by atoms with Gasteiger partial charge in [0.1, 0.15) is 0 Å². The summed E-state index contributed by atoms with van der Waals surface area (Å²) in [5.41, 5.74) is 0.932. The molecular formula is C14H9Cl2F3. The summed E-state index contributed by atoms with van der Waals surface area (Å²) < 4.78 is 38.2. The van der Waals surface area contributed by atoms with Crippen LogP contribution in [0.25, 0.3) is 11.1 Å². The molecule has 0 spiro atoms. The Morgan fingerprint density at radius 1 is 0.947 bits per heavy atom. The summed E-state index contributed by atoms with van der Waals surface area (Å²) in [6.45, 7) is 1.73. The maximum Gasteiger partial charge on any atom is 0.416 e. The summed E-state index contributed by atoms with van der Waals surface area (Å²) in [6.07, 6.45) is -4.38. The molecule has 100 valence electrons. The van der Waals surface area contributed by atoms with E-state index in [9.17, 15) is 13.2 Å². The molecule has 0 saturated heterocycles. The van der Waals surface area contributed by atoms with E-state index in [1.807, 2.05) is 0 Å². The molecule has 5 heteroatoms. The molecule has 0 amide bonds. The van der Waals surface area contributed by atoms with Gasteiger partial charge in [0.05, 0.1) is 15.6 Å². The molecule has 0 bridgehead atoms. The third-order valence-electron chi connectivity index (χ3n) is 2.81. The van der Waals surface area contributed by atoms with E-state index in [1.54, 1.807) is 25.1 Å². The molecule has 0 N–H and O–H groups in total. The summed E-state index contributed by atoms with van der Waals surface area (Å²) in [7, 11) is 0. The molecule has 0 radical (unpaired) electrons. The highest BCUT2D eigenvalue weighted by molar-refractivity contribution is 6.43. The predicted molar refractivity (Wildman–Crippen MR) is 71.6 cm³/mol. The van der Waals surface area contributed by atoms with Gasteiger partial charge in [0.15, 0.2) is 0 Å². The average molecular weight is 305 g/mol. The van der Waals surface area contributed by atoms with Crippen LogP contribution in [0.5, 0.6) is 0 Å². The Kier molecular flexibility index (Phi) is 3.79. The van der Waals surface area contributed by atoms with E-state index in [2.05, 4.69) is 0 Å². The fourth-order valence-electron chi connectivity index (χ4n) is 1.80. The Morgan fingerprint density at radius 3 is 2.26 bits per heavy atom. The molecule has 2 rings (SSSR count). The minimum Gasteiger partial charge on any atom is -0.166 e. The summed E-state index contributed by atoms with van der Waals surface area (Å²) in [4.78, 5) is 0. The number of alkyl halides is 3. The molecule has 0 atom stereocenters. The smallest absolute Gasteiger partial charge is 0.166 e. The van der Waals surface area contributed by atoms with Crippen LogP contribution in [0.2, 0.25) is 10.0 Å². The minimum atomic E-state index is -4.38. The number of rotatable bonds is 1. The van der Waals surface area contributed by atoms with E-state index in [0.29, 0.717) is 21.7 Å². The van der Waals surface area contributed by atoms with Gasteiger partial charge in [-0.25, -0.2) is 0 Å². The van der Waals surface area contributed by atoms with Gasteiger partial charge < -0.3 is 0 Å². The lowest BCUT2D eigenvalue weighted by atomic mass is 9.98. The number of hydrogen-bond donors (Lipinski definition) is 0. The molecule has 2 aromatic carbocycles. The van der Waals surface area contributed by atoms with Gasteiger partial charge in [0, 0.05) is 5.56 Å². The third-order valence-corrected chi connectivity index (χ3v) is 3.63. The molecule has 0 aliphatic heterocycles. The molecule has 19 heavy (non-hydrogen) atoms. The molecule has 0 unspecified atom stereocenters. The number of benzene rings is 2. The first-order valence-corrected chi connectivity index (χ1v) is 6.18. The fraction of sp³-hybridized carbons (Fsp3) is 0.143. The maximum atomic E-state index is 12.7. The lowest BCUT2D eigenvalue weighted by Crippen LogP contribution is -2.05. The second-order valence-corrected chi connectivity index (χ2v) is 4.91. The molecule has 0 heterocycles. The topological polar surface area (TPSA) is 0 Å². The number of halogens is 5. The molecule has 0 aliphatic rings. The van der Waals surface area contributed by atoms with Crippen molar-refractivity contribution < 1.29 is 13.2 Å². The largest absolute Gasteiger partial charge is 0.416 e. The van der Waals surface area contributed by atoms with Crippen molar-refractivity contribution in [2.24, 2.45) is 0 Å². The molecule has 0 fully saturated rings. The van der Waals surface area contributed by atoms with Crippen molar-refractivity contribution in [3.05, 3.63) is 57.6 Å². The first-order valence-electron chi connectivity index (χ1n) is 5.43. The van der Waals surface area contributed by atoms with Crippen molar-refractivity contribution in [2.75, 3.05) is 0 Å². The average Bonchev–Trinajstić information content (AvgIpc) is 2.32. The monoisotopic (exact) mass is 304 g/mol. The second kappa shape index (κ2) is 5.06. The fourth-order valence-corrected chi connectivity index (χ4v) is 2.20. The van der Waals surface area contributed by atoms with E-state index in [4.69, 9.17) is 23.2 Å². The van der Waals surface area contributed by atoms with Crippen LogP contribution < -0.4 is 0 Å². The standard InChI is InChI=1S/C14H9Cl2F3/c1-8-5-6-9(14(17,18)19)7-11(8)10-3-2-4-12(15)13(10)16/h2-7H,1H3. The van der Waals surface area contributed by atoms with Crippen molar-refractivity contribution in [1.82, 2.24) is 0 Å². The van der Waals surface area contributed by atoms with Crippen molar-refractivity contribution in [3.8, 4) is 11.1 Å². The van der Waals surface area contributed by atoms with E-state index in [0.717, 1.165) is 12.1 Å². The summed E-state index contributed by atoms with van der Waals surface area (Å²) in [5, 5.41) is 0.572. The normalized spacial score (nSPS) is 11.7. The molecule has 2 aromatic rings. The van der Waals surface area contributed by atoms with Crippen LogP contribution in [0, 0.1) is 6.92 Å². The van der Waals surface area contributed by atoms with E-state index >= 15 is 0 Å². The Morgan fingerprint density at radius 2 is 1.63 bits per heavy atom. The molecule has 0 nitrogen and oxygen atoms in total.